The van der Waals surface area contributed by atoms with Crippen molar-refractivity contribution in [3.05, 3.63) is 28.2 Å². The molecule has 2 unspecified atom stereocenters. The van der Waals surface area contributed by atoms with E-state index in [0.717, 1.165) is 17.3 Å². The molecule has 4 heteroatoms. The molecule has 3 nitrogen and oxygen atoms in total. The summed E-state index contributed by atoms with van der Waals surface area (Å²) in [6, 6.07) is 5.48. The minimum Gasteiger partial charge on any atom is -0.490 e. The van der Waals surface area contributed by atoms with Crippen LogP contribution in [-0.2, 0) is 4.74 Å². The number of ether oxygens (including phenoxy) is 2. The summed E-state index contributed by atoms with van der Waals surface area (Å²) in [4.78, 5) is 11.5. The molecule has 0 bridgehead atoms. The molecule has 2 atom stereocenters. The molecule has 2 rings (SSSR count). The topological polar surface area (TPSA) is 35.5 Å². The quantitative estimate of drug-likeness (QED) is 0.797. The summed E-state index contributed by atoms with van der Waals surface area (Å²) in [6.45, 7) is 4.12. The maximum absolute atomic E-state index is 11.5. The van der Waals surface area contributed by atoms with Gasteiger partial charge in [-0.25, -0.2) is 0 Å². The van der Waals surface area contributed by atoms with Crippen LogP contribution in [0, 0.1) is 0 Å². The van der Waals surface area contributed by atoms with E-state index in [-0.39, 0.29) is 11.9 Å². The zero-order valence-corrected chi connectivity index (χ0v) is 12.2. The Morgan fingerprint density at radius 3 is 2.89 bits per heavy atom. The van der Waals surface area contributed by atoms with E-state index >= 15 is 0 Å². The van der Waals surface area contributed by atoms with Crippen LogP contribution in [0.1, 0.15) is 37.0 Å². The molecule has 0 amide bonds. The van der Waals surface area contributed by atoms with Crippen LogP contribution >= 0.6 is 15.9 Å². The summed E-state index contributed by atoms with van der Waals surface area (Å²) < 4.78 is 12.3. The van der Waals surface area contributed by atoms with Gasteiger partial charge in [0.2, 0.25) is 0 Å². The summed E-state index contributed by atoms with van der Waals surface area (Å²) >= 11 is 3.36. The van der Waals surface area contributed by atoms with Crippen LogP contribution < -0.4 is 4.74 Å². The Balaban J connectivity index is 2.02. The predicted octanol–water partition coefficient (Wildman–Crippen LogP) is 3.60. The minimum absolute atomic E-state index is 0.00649. The first kappa shape index (κ1) is 13.6. The third-order valence-corrected chi connectivity index (χ3v) is 3.56. The fourth-order valence-electron chi connectivity index (χ4n) is 2.09. The zero-order chi connectivity index (χ0) is 13.1. The zero-order valence-electron chi connectivity index (χ0n) is 10.6. The molecule has 1 aromatic carbocycles. The van der Waals surface area contributed by atoms with Gasteiger partial charge < -0.3 is 9.47 Å². The first-order chi connectivity index (χ1) is 8.56. The van der Waals surface area contributed by atoms with E-state index < -0.39 is 0 Å². The van der Waals surface area contributed by atoms with Gasteiger partial charge >= 0.3 is 0 Å². The molecule has 1 aliphatic heterocycles. The molecule has 0 N–H and O–H groups in total. The highest BCUT2D eigenvalue weighted by molar-refractivity contribution is 9.10. The fraction of sp³-hybridized carbons (Fsp3) is 0.500. The van der Waals surface area contributed by atoms with Crippen LogP contribution in [0.4, 0.5) is 0 Å². The molecule has 0 aromatic heterocycles. The highest BCUT2D eigenvalue weighted by atomic mass is 79.9. The lowest BCUT2D eigenvalue weighted by Gasteiger charge is -2.14. The lowest BCUT2D eigenvalue weighted by atomic mass is 10.1. The molecule has 18 heavy (non-hydrogen) atoms. The van der Waals surface area contributed by atoms with Gasteiger partial charge in [-0.3, -0.25) is 4.79 Å². The van der Waals surface area contributed by atoms with Crippen molar-refractivity contribution in [1.29, 1.82) is 0 Å². The Kier molecular flexibility index (Phi) is 4.40. The van der Waals surface area contributed by atoms with Gasteiger partial charge in [0.05, 0.1) is 17.8 Å². The summed E-state index contributed by atoms with van der Waals surface area (Å²) in [5.74, 6) is 0.640. The summed E-state index contributed by atoms with van der Waals surface area (Å²) in [7, 11) is 0. The van der Waals surface area contributed by atoms with Gasteiger partial charge in [-0.15, -0.1) is 0 Å². The molecular weight excluding hydrogens is 296 g/mol. The van der Waals surface area contributed by atoms with Crippen LogP contribution in [0.5, 0.6) is 5.75 Å². The summed E-state index contributed by atoms with van der Waals surface area (Å²) in [5.41, 5.74) is 0.607. The highest BCUT2D eigenvalue weighted by Crippen LogP contribution is 2.25. The SMILES string of the molecule is CC(=O)c1cc(Br)ccc1OCC1CCC(C)O1. The van der Waals surface area contributed by atoms with Gasteiger partial charge in [0.1, 0.15) is 12.4 Å². The molecule has 98 valence electrons. The molecule has 1 heterocycles. The average molecular weight is 313 g/mol. The van der Waals surface area contributed by atoms with E-state index in [2.05, 4.69) is 22.9 Å². The Labute approximate surface area is 116 Å². The number of hydrogen-bond acceptors (Lipinski definition) is 3. The van der Waals surface area contributed by atoms with Crippen LogP contribution in [0.25, 0.3) is 0 Å². The maximum Gasteiger partial charge on any atom is 0.163 e. The molecule has 1 aromatic rings. The van der Waals surface area contributed by atoms with Crippen molar-refractivity contribution in [2.45, 2.75) is 38.9 Å². The van der Waals surface area contributed by atoms with Crippen molar-refractivity contribution in [2.75, 3.05) is 6.61 Å². The first-order valence-corrected chi connectivity index (χ1v) is 6.94. The van der Waals surface area contributed by atoms with Gasteiger partial charge in [-0.05, 0) is 44.9 Å². The van der Waals surface area contributed by atoms with Crippen LogP contribution in [0.15, 0.2) is 22.7 Å². The molecule has 0 aliphatic carbocycles. The predicted molar refractivity (Wildman–Crippen MR) is 73.2 cm³/mol. The smallest absolute Gasteiger partial charge is 0.163 e. The standard InChI is InChI=1S/C14H17BrO3/c1-9-3-5-12(18-9)8-17-14-6-4-11(15)7-13(14)10(2)16/h4,6-7,9,12H,3,5,8H2,1-2H3. The lowest BCUT2D eigenvalue weighted by molar-refractivity contribution is 0.0262. The lowest BCUT2D eigenvalue weighted by Crippen LogP contribution is -2.18. The van der Waals surface area contributed by atoms with Crippen molar-refractivity contribution in [3.63, 3.8) is 0 Å². The number of benzene rings is 1. The van der Waals surface area contributed by atoms with Crippen molar-refractivity contribution in [2.24, 2.45) is 0 Å². The third kappa shape index (κ3) is 3.33. The van der Waals surface area contributed by atoms with E-state index in [0.29, 0.717) is 24.0 Å². The van der Waals surface area contributed by atoms with E-state index in [1.807, 2.05) is 12.1 Å². The molecule has 1 saturated heterocycles. The molecule has 0 radical (unpaired) electrons. The monoisotopic (exact) mass is 312 g/mol. The van der Waals surface area contributed by atoms with Crippen molar-refractivity contribution >= 4 is 21.7 Å². The second-order valence-corrected chi connectivity index (χ2v) is 5.57. The molecule has 0 spiro atoms. The number of rotatable bonds is 4. The Morgan fingerprint density at radius 2 is 2.28 bits per heavy atom. The second-order valence-electron chi connectivity index (χ2n) is 4.65. The Morgan fingerprint density at radius 1 is 1.50 bits per heavy atom. The molecular formula is C14H17BrO3. The first-order valence-electron chi connectivity index (χ1n) is 6.15. The fourth-order valence-corrected chi connectivity index (χ4v) is 2.45. The molecule has 1 fully saturated rings. The number of ketones is 1. The third-order valence-electron chi connectivity index (χ3n) is 3.07. The Bertz CT molecular complexity index is 445. The van der Waals surface area contributed by atoms with Gasteiger partial charge in [-0.2, -0.15) is 0 Å². The average Bonchev–Trinajstić information content (AvgIpc) is 2.73. The van der Waals surface area contributed by atoms with E-state index in [1.54, 1.807) is 13.0 Å². The van der Waals surface area contributed by atoms with Crippen LogP contribution in [0.3, 0.4) is 0 Å². The molecule has 0 saturated carbocycles. The van der Waals surface area contributed by atoms with Crippen molar-refractivity contribution < 1.29 is 14.3 Å². The maximum atomic E-state index is 11.5. The number of hydrogen-bond donors (Lipinski definition) is 0. The summed E-state index contributed by atoms with van der Waals surface area (Å²) in [5, 5.41) is 0. The van der Waals surface area contributed by atoms with Crippen LogP contribution in [-0.4, -0.2) is 24.6 Å². The van der Waals surface area contributed by atoms with Gasteiger partial charge in [0, 0.05) is 4.47 Å². The van der Waals surface area contributed by atoms with Crippen LogP contribution in [0.2, 0.25) is 0 Å². The summed E-state index contributed by atoms with van der Waals surface area (Å²) in [6.07, 6.45) is 2.56. The van der Waals surface area contributed by atoms with Crippen molar-refractivity contribution in [3.8, 4) is 5.75 Å². The minimum atomic E-state index is 0.00649. The number of carbonyl (C=O) groups excluding carboxylic acids is 1. The molecule has 1 aliphatic rings. The van der Waals surface area contributed by atoms with E-state index in [1.165, 1.54) is 0 Å². The van der Waals surface area contributed by atoms with Gasteiger partial charge in [-0.1, -0.05) is 15.9 Å². The van der Waals surface area contributed by atoms with Crippen molar-refractivity contribution in [1.82, 2.24) is 0 Å². The highest BCUT2D eigenvalue weighted by Gasteiger charge is 2.22. The Hall–Kier alpha value is -0.870. The van der Waals surface area contributed by atoms with E-state index in [9.17, 15) is 4.79 Å². The normalized spacial score (nSPS) is 23.1. The van der Waals surface area contributed by atoms with Gasteiger partial charge in [0.15, 0.2) is 5.78 Å². The number of halogens is 1. The van der Waals surface area contributed by atoms with Gasteiger partial charge in [0.25, 0.3) is 0 Å². The second kappa shape index (κ2) is 5.85. The van der Waals surface area contributed by atoms with E-state index in [4.69, 9.17) is 9.47 Å². The number of Topliss-reactive ketones (excluding diaryl/α,β-unsaturated/α-hetero) is 1. The number of carbonyl (C=O) groups is 1. The largest absolute Gasteiger partial charge is 0.490 e.